The Balaban J connectivity index is 1.87. The van der Waals surface area contributed by atoms with Gasteiger partial charge >= 0.3 is 0 Å². The van der Waals surface area contributed by atoms with Crippen LogP contribution in [0, 0.1) is 0 Å². The van der Waals surface area contributed by atoms with Gasteiger partial charge in [-0.15, -0.1) is 0 Å². The Morgan fingerprint density at radius 1 is 0.481 bits per heavy atom. The third kappa shape index (κ3) is 1.69. The summed E-state index contributed by atoms with van der Waals surface area (Å²) in [4.78, 5) is 2.37. The Hall–Kier alpha value is -3.10. The molecule has 0 N–H and O–H groups in total. The summed E-state index contributed by atoms with van der Waals surface area (Å²) in [6.45, 7) is 0. The number of fused-ring (bicyclic) bond motifs is 9. The molecule has 0 amide bonds. The Morgan fingerprint density at radius 3 is 1.33 bits per heavy atom. The maximum absolute atomic E-state index is 2.38. The van der Waals surface area contributed by atoms with Crippen molar-refractivity contribution in [3.8, 4) is 11.1 Å². The molecule has 27 heavy (non-hydrogen) atoms. The minimum absolute atomic E-state index is 1.34. The zero-order valence-corrected chi connectivity index (χ0v) is 16.2. The molecule has 128 valence electrons. The van der Waals surface area contributed by atoms with E-state index in [1.165, 1.54) is 43.2 Å². The molecule has 2 heteroatoms. The largest absolute Gasteiger partial charge is 0.345 e. The van der Waals surface area contributed by atoms with Gasteiger partial charge in [-0.2, -0.15) is 0 Å². The van der Waals surface area contributed by atoms with Crippen LogP contribution < -0.4 is 25.6 Å². The van der Waals surface area contributed by atoms with Crippen molar-refractivity contribution in [2.24, 2.45) is 0 Å². The third-order valence-corrected chi connectivity index (χ3v) is 11.2. The Morgan fingerprint density at radius 2 is 0.852 bits per heavy atom. The van der Waals surface area contributed by atoms with Crippen LogP contribution in [0.25, 0.3) is 11.1 Å². The normalized spacial score (nSPS) is 15.1. The average molecular weight is 362 g/mol. The highest BCUT2D eigenvalue weighted by Crippen LogP contribution is 2.35. The number of anilines is 2. The van der Waals surface area contributed by atoms with Crippen LogP contribution in [0.5, 0.6) is 0 Å². The van der Waals surface area contributed by atoms with Gasteiger partial charge in [0.2, 0.25) is 0 Å². The summed E-state index contributed by atoms with van der Waals surface area (Å²) < 4.78 is 0. The van der Waals surface area contributed by atoms with E-state index in [0.29, 0.717) is 0 Å². The van der Waals surface area contributed by atoms with Crippen LogP contribution in [0.3, 0.4) is 0 Å². The van der Waals surface area contributed by atoms with Gasteiger partial charge in [0, 0.05) is 18.4 Å². The molecule has 4 aromatic carbocycles. The van der Waals surface area contributed by atoms with Gasteiger partial charge in [0.05, 0.1) is 0 Å². The molecule has 4 aromatic rings. The van der Waals surface area contributed by atoms with E-state index in [-0.39, 0.29) is 0 Å². The fourth-order valence-electron chi connectivity index (χ4n) is 5.26. The molecule has 0 atom stereocenters. The van der Waals surface area contributed by atoms with Gasteiger partial charge in [-0.05, 0) is 44.0 Å². The van der Waals surface area contributed by atoms with Gasteiger partial charge in [-0.25, -0.2) is 0 Å². The van der Waals surface area contributed by atoms with Crippen molar-refractivity contribution in [2.75, 3.05) is 11.9 Å². The van der Waals surface area contributed by atoms with Crippen molar-refractivity contribution in [2.45, 2.75) is 0 Å². The van der Waals surface area contributed by atoms with Crippen LogP contribution >= 0.6 is 0 Å². The lowest BCUT2D eigenvalue weighted by Gasteiger charge is -2.42. The van der Waals surface area contributed by atoms with Crippen LogP contribution in [-0.4, -0.2) is 15.1 Å². The molecule has 1 spiro atoms. The Kier molecular flexibility index (Phi) is 2.90. The zero-order valence-electron chi connectivity index (χ0n) is 15.2. The minimum Gasteiger partial charge on any atom is -0.345 e. The summed E-state index contributed by atoms with van der Waals surface area (Å²) in [5, 5.41) is 6.06. The SMILES string of the molecule is CN1c2ccccc2[Si]2(c3ccccc3-c3ccccc32)c2ccccc21. The first-order valence-electron chi connectivity index (χ1n) is 9.45. The number of rotatable bonds is 0. The first-order chi connectivity index (χ1) is 13.3. The highest BCUT2D eigenvalue weighted by molar-refractivity contribution is 7.23. The van der Waals surface area contributed by atoms with Crippen molar-refractivity contribution in [3.63, 3.8) is 0 Å². The van der Waals surface area contributed by atoms with Crippen LogP contribution in [-0.2, 0) is 0 Å². The minimum atomic E-state index is -2.29. The molecule has 6 rings (SSSR count). The van der Waals surface area contributed by atoms with E-state index in [0.717, 1.165) is 0 Å². The molecule has 2 aliphatic rings. The number of para-hydroxylation sites is 2. The predicted molar refractivity (Wildman–Crippen MR) is 117 cm³/mol. The van der Waals surface area contributed by atoms with Crippen LogP contribution in [0.2, 0.25) is 0 Å². The van der Waals surface area contributed by atoms with Gasteiger partial charge < -0.3 is 4.90 Å². The molecule has 0 bridgehead atoms. The molecule has 2 aliphatic heterocycles. The fraction of sp³-hybridized carbons (Fsp3) is 0.0400. The molecule has 0 saturated heterocycles. The first kappa shape index (κ1) is 15.0. The van der Waals surface area contributed by atoms with Gasteiger partial charge in [0.1, 0.15) is 0 Å². The van der Waals surface area contributed by atoms with Gasteiger partial charge in [0.15, 0.2) is 8.07 Å². The van der Waals surface area contributed by atoms with Crippen LogP contribution in [0.1, 0.15) is 0 Å². The van der Waals surface area contributed by atoms with Crippen LogP contribution in [0.15, 0.2) is 97.1 Å². The van der Waals surface area contributed by atoms with E-state index >= 15 is 0 Å². The van der Waals surface area contributed by atoms with Crippen molar-refractivity contribution < 1.29 is 0 Å². The second-order valence-corrected chi connectivity index (χ2v) is 11.1. The van der Waals surface area contributed by atoms with E-state index < -0.39 is 8.07 Å². The predicted octanol–water partition coefficient (Wildman–Crippen LogP) is 3.13. The van der Waals surface area contributed by atoms with E-state index in [1.54, 1.807) is 0 Å². The number of nitrogens with zero attached hydrogens (tertiary/aromatic N) is 1. The molecule has 0 fully saturated rings. The number of hydrogen-bond donors (Lipinski definition) is 0. The second-order valence-electron chi connectivity index (χ2n) is 7.43. The third-order valence-electron chi connectivity index (χ3n) is 6.29. The van der Waals surface area contributed by atoms with Crippen molar-refractivity contribution in [3.05, 3.63) is 97.1 Å². The molecule has 0 aromatic heterocycles. The molecule has 2 heterocycles. The maximum atomic E-state index is 2.38. The fourth-order valence-corrected chi connectivity index (χ4v) is 10.9. The van der Waals surface area contributed by atoms with Gasteiger partial charge in [0.25, 0.3) is 0 Å². The molecule has 0 aliphatic carbocycles. The number of hydrogen-bond acceptors (Lipinski definition) is 1. The number of benzene rings is 4. The lowest BCUT2D eigenvalue weighted by Crippen LogP contribution is -2.75. The van der Waals surface area contributed by atoms with Crippen LogP contribution in [0.4, 0.5) is 11.4 Å². The summed E-state index contributed by atoms with van der Waals surface area (Å²) >= 11 is 0. The molecular weight excluding hydrogens is 342 g/mol. The second kappa shape index (κ2) is 5.21. The van der Waals surface area contributed by atoms with Gasteiger partial charge in [-0.3, -0.25) is 0 Å². The summed E-state index contributed by atoms with van der Waals surface area (Å²) in [7, 11) is -0.0855. The maximum Gasteiger partial charge on any atom is 0.185 e. The topological polar surface area (TPSA) is 3.24 Å². The highest BCUT2D eigenvalue weighted by Gasteiger charge is 2.52. The summed E-state index contributed by atoms with van der Waals surface area (Å²) in [5.41, 5.74) is 5.51. The van der Waals surface area contributed by atoms with Crippen molar-refractivity contribution in [1.29, 1.82) is 0 Å². The summed E-state index contributed by atoms with van der Waals surface area (Å²) in [6, 6.07) is 36.2. The summed E-state index contributed by atoms with van der Waals surface area (Å²) in [6.07, 6.45) is 0. The van der Waals surface area contributed by atoms with Crippen molar-refractivity contribution >= 4 is 40.2 Å². The van der Waals surface area contributed by atoms with E-state index in [9.17, 15) is 0 Å². The highest BCUT2D eigenvalue weighted by atomic mass is 28.3. The monoisotopic (exact) mass is 361 g/mol. The molecular formula is C25H19NSi. The summed E-state index contributed by atoms with van der Waals surface area (Å²) in [5.74, 6) is 0. The van der Waals surface area contributed by atoms with E-state index in [4.69, 9.17) is 0 Å². The zero-order chi connectivity index (χ0) is 18.0. The quantitative estimate of drug-likeness (QED) is 0.383. The lowest BCUT2D eigenvalue weighted by molar-refractivity contribution is 1.22. The molecule has 0 unspecified atom stereocenters. The molecule has 0 radical (unpaired) electrons. The standard InChI is InChI=1S/C25H19NSi/c1-26-20-12-4-8-16-24(20)27(25-17-9-5-13-21(25)26)22-14-6-2-10-18(22)19-11-3-7-15-23(19)27/h2-17H,1H3. The Bertz CT molecular complexity index is 1120. The molecule has 1 nitrogen and oxygen atoms in total. The van der Waals surface area contributed by atoms with E-state index in [1.807, 2.05) is 0 Å². The first-order valence-corrected chi connectivity index (χ1v) is 11.5. The smallest absolute Gasteiger partial charge is 0.185 e. The van der Waals surface area contributed by atoms with E-state index in [2.05, 4.69) is 109 Å². The average Bonchev–Trinajstić information content (AvgIpc) is 3.04. The molecule has 0 saturated carbocycles. The van der Waals surface area contributed by atoms with Gasteiger partial charge in [-0.1, -0.05) is 84.9 Å². The Labute approximate surface area is 160 Å². The van der Waals surface area contributed by atoms with Crippen molar-refractivity contribution in [1.82, 2.24) is 0 Å². The lowest BCUT2D eigenvalue weighted by atomic mass is 10.1.